The predicted octanol–water partition coefficient (Wildman–Crippen LogP) is 5.19. The minimum atomic E-state index is -1.27. The Morgan fingerprint density at radius 3 is 1.31 bits per heavy atom. The van der Waals surface area contributed by atoms with Gasteiger partial charge in [0.25, 0.3) is 0 Å². The first-order chi connectivity index (χ1) is 16.5. The van der Waals surface area contributed by atoms with Gasteiger partial charge in [-0.15, -0.1) is 0 Å². The third-order valence-corrected chi connectivity index (χ3v) is 2.74. The summed E-state index contributed by atoms with van der Waals surface area (Å²) in [5.74, 6) is -3.10. The van der Waals surface area contributed by atoms with Crippen LogP contribution in [0.25, 0.3) is 0 Å². The van der Waals surface area contributed by atoms with Gasteiger partial charge in [0.05, 0.1) is 25.7 Å². The van der Waals surface area contributed by atoms with Crippen LogP contribution >= 0.6 is 0 Å². The Morgan fingerprint density at radius 2 is 1.17 bits per heavy atom. The molecule has 0 aliphatic carbocycles. The molecule has 0 aliphatic heterocycles. The number of carbonyl (C=O) groups excluding carboxylic acids is 2. The minimum absolute atomic E-state index is 0.303. The van der Waals surface area contributed by atoms with E-state index in [0.717, 1.165) is 25.7 Å². The molecule has 9 nitrogen and oxygen atoms in total. The van der Waals surface area contributed by atoms with Crippen molar-refractivity contribution in [1.29, 1.82) is 5.26 Å². The Hall–Kier alpha value is -4.19. The van der Waals surface area contributed by atoms with Gasteiger partial charge in [0.2, 0.25) is 0 Å². The molecule has 0 unspecified atom stereocenters. The number of carboxylic acid groups (broad SMARTS) is 2. The molecule has 35 heavy (non-hydrogen) atoms. The summed E-state index contributed by atoms with van der Waals surface area (Å²) in [4.78, 5) is 40.4. The molecular weight excluding hydrogens is 454 g/mol. The van der Waals surface area contributed by atoms with Crippen LogP contribution in [-0.2, 0) is 28.7 Å². The van der Waals surface area contributed by atoms with Gasteiger partial charge in [0.15, 0.2) is 0 Å². The summed E-state index contributed by atoms with van der Waals surface area (Å²) in [6.07, 6.45) is 10.3. The van der Waals surface area contributed by atoms with E-state index in [4.69, 9.17) is 15.5 Å². The van der Waals surface area contributed by atoms with E-state index in [1.54, 1.807) is 18.2 Å². The average Bonchev–Trinajstić information content (AvgIpc) is 2.84. The molecule has 9 heteroatoms. The highest BCUT2D eigenvalue weighted by atomic mass is 16.5. The Kier molecular flexibility index (Phi) is 43.6. The zero-order valence-electron chi connectivity index (χ0n) is 20.9. The van der Waals surface area contributed by atoms with Crippen molar-refractivity contribution < 1.29 is 38.9 Å². The van der Waals surface area contributed by atoms with E-state index < -0.39 is 18.4 Å². The first kappa shape index (κ1) is 41.1. The van der Waals surface area contributed by atoms with E-state index in [9.17, 15) is 19.2 Å². The summed E-state index contributed by atoms with van der Waals surface area (Å²) < 4.78 is 9.35. The van der Waals surface area contributed by atoms with Crippen molar-refractivity contribution in [3.63, 3.8) is 0 Å². The molecule has 0 aromatic heterocycles. The van der Waals surface area contributed by atoms with Crippen molar-refractivity contribution in [2.45, 2.75) is 46.0 Å². The number of hydrogen-bond donors (Lipinski definition) is 2. The Bertz CT molecular complexity index is 671. The molecule has 0 heterocycles. The van der Waals surface area contributed by atoms with Gasteiger partial charge in [-0.3, -0.25) is 4.79 Å². The molecule has 0 aromatic rings. The van der Waals surface area contributed by atoms with E-state index in [-0.39, 0.29) is 17.5 Å². The molecule has 0 radical (unpaired) electrons. The van der Waals surface area contributed by atoms with Crippen LogP contribution in [0, 0.1) is 11.3 Å². The molecular formula is C26H39NO8. The van der Waals surface area contributed by atoms with Crippen LogP contribution in [0.4, 0.5) is 0 Å². The molecule has 0 atom stereocenters. The van der Waals surface area contributed by atoms with Crippen molar-refractivity contribution in [3.8, 4) is 6.07 Å². The minimum Gasteiger partial charge on any atom is -0.481 e. The summed E-state index contributed by atoms with van der Waals surface area (Å²) >= 11 is 0. The molecule has 0 aliphatic rings. The number of allylic oxidation sites excluding steroid dienone is 3. The van der Waals surface area contributed by atoms with Gasteiger partial charge in [-0.2, -0.15) is 5.26 Å². The molecule has 196 valence electrons. The maximum Gasteiger partial charge on any atom is 0.331 e. The highest BCUT2D eigenvalue weighted by Gasteiger charge is 2.07. The molecule has 0 aromatic carbocycles. The standard InChI is InChI=1S/2C7H12O2.C5H6O4.C4H6.C3H3N/c2*1-3-5-6-9-7(8)4-2;1-3(5(8)9)2-4(6)7;1-3-4-2;1-2-3-4/h2*4H,2-3,5-6H2,1H3;1-2H2,(H,6,7)(H,8,9);3-4H,1-2H2;2H,1H2. The smallest absolute Gasteiger partial charge is 0.331 e. The number of aliphatic carboxylic acids is 2. The number of carboxylic acids is 2. The van der Waals surface area contributed by atoms with E-state index in [0.29, 0.717) is 13.2 Å². The summed E-state index contributed by atoms with van der Waals surface area (Å²) in [5.41, 5.74) is -0.303. The number of ether oxygens (including phenoxy) is 2. The monoisotopic (exact) mass is 493 g/mol. The van der Waals surface area contributed by atoms with E-state index in [1.807, 2.05) is 13.8 Å². The fourth-order valence-corrected chi connectivity index (χ4v) is 1.01. The van der Waals surface area contributed by atoms with Gasteiger partial charge in [-0.05, 0) is 12.8 Å². The third kappa shape index (κ3) is 58.7. The van der Waals surface area contributed by atoms with Gasteiger partial charge >= 0.3 is 23.9 Å². The number of rotatable bonds is 12. The normalized spacial score (nSPS) is 7.57. The third-order valence-electron chi connectivity index (χ3n) is 2.74. The Balaban J connectivity index is -0.000000112. The van der Waals surface area contributed by atoms with Crippen LogP contribution in [0.2, 0.25) is 0 Å². The summed E-state index contributed by atoms with van der Waals surface area (Å²) in [6, 6.07) is 1.69. The second kappa shape index (κ2) is 37.1. The molecule has 0 saturated carbocycles. The van der Waals surface area contributed by atoms with Crippen molar-refractivity contribution in [2.24, 2.45) is 0 Å². The second-order valence-corrected chi connectivity index (χ2v) is 5.73. The van der Waals surface area contributed by atoms with Gasteiger partial charge in [0, 0.05) is 23.8 Å². The van der Waals surface area contributed by atoms with Crippen LogP contribution in [0.5, 0.6) is 0 Å². The first-order valence-corrected chi connectivity index (χ1v) is 10.4. The maximum absolute atomic E-state index is 10.3. The van der Waals surface area contributed by atoms with Crippen molar-refractivity contribution in [1.82, 2.24) is 0 Å². The highest BCUT2D eigenvalue weighted by molar-refractivity contribution is 5.91. The van der Waals surface area contributed by atoms with Crippen molar-refractivity contribution >= 4 is 23.9 Å². The van der Waals surface area contributed by atoms with Gasteiger partial charge < -0.3 is 19.7 Å². The zero-order chi connectivity index (χ0) is 28.5. The fraction of sp³-hybridized carbons (Fsp3) is 0.346. The maximum atomic E-state index is 10.3. The Labute approximate surface area is 209 Å². The van der Waals surface area contributed by atoms with Crippen LogP contribution in [0.15, 0.2) is 75.4 Å². The average molecular weight is 494 g/mol. The lowest BCUT2D eigenvalue weighted by Gasteiger charge is -1.97. The predicted molar refractivity (Wildman–Crippen MR) is 137 cm³/mol. The Morgan fingerprint density at radius 1 is 0.829 bits per heavy atom. The molecule has 2 N–H and O–H groups in total. The molecule has 0 spiro atoms. The number of esters is 2. The van der Waals surface area contributed by atoms with Crippen molar-refractivity contribution in [3.05, 3.63) is 75.4 Å². The lowest BCUT2D eigenvalue weighted by molar-refractivity contribution is -0.139. The van der Waals surface area contributed by atoms with E-state index >= 15 is 0 Å². The molecule has 0 fully saturated rings. The van der Waals surface area contributed by atoms with E-state index in [2.05, 4.69) is 48.9 Å². The number of hydrogen-bond acceptors (Lipinski definition) is 7. The second-order valence-electron chi connectivity index (χ2n) is 5.73. The lowest BCUT2D eigenvalue weighted by atomic mass is 10.2. The van der Waals surface area contributed by atoms with Gasteiger partial charge in [-0.25, -0.2) is 14.4 Å². The number of carbonyl (C=O) groups is 4. The van der Waals surface area contributed by atoms with E-state index in [1.165, 1.54) is 18.2 Å². The molecule has 0 amide bonds. The van der Waals surface area contributed by atoms with Crippen LogP contribution in [0.1, 0.15) is 46.0 Å². The summed E-state index contributed by atoms with van der Waals surface area (Å²) in [7, 11) is 0. The fourth-order valence-electron chi connectivity index (χ4n) is 1.01. The van der Waals surface area contributed by atoms with Gasteiger partial charge in [0.1, 0.15) is 0 Å². The highest BCUT2D eigenvalue weighted by Crippen LogP contribution is 1.95. The number of nitriles is 1. The van der Waals surface area contributed by atoms with Crippen LogP contribution in [-0.4, -0.2) is 47.3 Å². The first-order valence-electron chi connectivity index (χ1n) is 10.4. The van der Waals surface area contributed by atoms with Gasteiger partial charge in [-0.1, -0.05) is 78.3 Å². The van der Waals surface area contributed by atoms with Crippen LogP contribution < -0.4 is 0 Å². The molecule has 0 rings (SSSR count). The number of nitrogens with zero attached hydrogens (tertiary/aromatic N) is 1. The quantitative estimate of drug-likeness (QED) is 0.123. The lowest BCUT2D eigenvalue weighted by Crippen LogP contribution is -2.04. The largest absolute Gasteiger partial charge is 0.481 e. The SMILES string of the molecule is C=C(CC(=O)O)C(=O)O.C=CC#N.C=CC(=O)OCCCC.C=CC(=O)OCCCC.C=CC=C. The molecule has 0 saturated heterocycles. The summed E-state index contributed by atoms with van der Waals surface area (Å²) in [6.45, 7) is 24.5. The number of unbranched alkanes of at least 4 members (excludes halogenated alkanes) is 2. The topological polar surface area (TPSA) is 151 Å². The van der Waals surface area contributed by atoms with Crippen molar-refractivity contribution in [2.75, 3.05) is 13.2 Å². The molecule has 0 bridgehead atoms. The zero-order valence-corrected chi connectivity index (χ0v) is 20.9. The van der Waals surface area contributed by atoms with Crippen LogP contribution in [0.3, 0.4) is 0 Å². The summed E-state index contributed by atoms with van der Waals surface area (Å²) in [5, 5.41) is 23.6.